The molecule has 0 unspecified atom stereocenters. The van der Waals surface area contributed by atoms with Gasteiger partial charge in [0.15, 0.2) is 0 Å². The van der Waals surface area contributed by atoms with Crippen molar-refractivity contribution in [2.45, 2.75) is 31.6 Å². The van der Waals surface area contributed by atoms with Crippen LogP contribution in [0.3, 0.4) is 0 Å². The SMILES string of the molecule is CCN(CC)CCOc1ccc(NC(=O)C2CCN(S(=O)(=O)c3ccccc3F)CC2)cc1. The molecular formula is C24H32FN3O4S. The zero-order chi connectivity index (χ0) is 23.8. The molecule has 0 aliphatic carbocycles. The van der Waals surface area contributed by atoms with Crippen molar-refractivity contribution in [3.8, 4) is 5.75 Å². The van der Waals surface area contributed by atoms with E-state index in [2.05, 4.69) is 24.1 Å². The average Bonchev–Trinajstić information content (AvgIpc) is 2.83. The molecule has 2 aromatic rings. The molecule has 1 fully saturated rings. The maximum absolute atomic E-state index is 14.0. The van der Waals surface area contributed by atoms with Crippen molar-refractivity contribution in [3.05, 3.63) is 54.3 Å². The van der Waals surface area contributed by atoms with Crippen molar-refractivity contribution in [2.75, 3.05) is 44.6 Å². The van der Waals surface area contributed by atoms with Gasteiger partial charge in [-0.1, -0.05) is 26.0 Å². The molecule has 2 aromatic carbocycles. The number of ether oxygens (including phenoxy) is 1. The number of hydrogen-bond donors (Lipinski definition) is 1. The van der Waals surface area contributed by atoms with Gasteiger partial charge in [0.2, 0.25) is 15.9 Å². The van der Waals surface area contributed by atoms with E-state index >= 15 is 0 Å². The van der Waals surface area contributed by atoms with Gasteiger partial charge in [0, 0.05) is 31.2 Å². The van der Waals surface area contributed by atoms with E-state index in [1.807, 2.05) is 12.1 Å². The molecule has 1 aliphatic rings. The fraction of sp³-hybridized carbons (Fsp3) is 0.458. The highest BCUT2D eigenvalue weighted by molar-refractivity contribution is 7.89. The van der Waals surface area contributed by atoms with Crippen LogP contribution in [-0.2, 0) is 14.8 Å². The van der Waals surface area contributed by atoms with E-state index in [9.17, 15) is 17.6 Å². The second-order valence-corrected chi connectivity index (χ2v) is 9.90. The normalized spacial score (nSPS) is 15.5. The number of halogens is 1. The van der Waals surface area contributed by atoms with E-state index in [1.165, 1.54) is 22.5 Å². The van der Waals surface area contributed by atoms with Gasteiger partial charge < -0.3 is 15.0 Å². The first kappa shape index (κ1) is 25.1. The molecule has 1 aliphatic heterocycles. The maximum Gasteiger partial charge on any atom is 0.245 e. The van der Waals surface area contributed by atoms with Crippen LogP contribution >= 0.6 is 0 Å². The lowest BCUT2D eigenvalue weighted by atomic mass is 9.97. The highest BCUT2D eigenvalue weighted by atomic mass is 32.2. The summed E-state index contributed by atoms with van der Waals surface area (Å²) in [5, 5.41) is 2.90. The fourth-order valence-electron chi connectivity index (χ4n) is 3.86. The van der Waals surface area contributed by atoms with Gasteiger partial charge in [-0.3, -0.25) is 4.79 Å². The topological polar surface area (TPSA) is 79.0 Å². The molecule has 7 nitrogen and oxygen atoms in total. The summed E-state index contributed by atoms with van der Waals surface area (Å²) < 4.78 is 46.4. The van der Waals surface area contributed by atoms with Crippen molar-refractivity contribution in [2.24, 2.45) is 5.92 Å². The zero-order valence-electron chi connectivity index (χ0n) is 19.2. The lowest BCUT2D eigenvalue weighted by molar-refractivity contribution is -0.120. The molecule has 180 valence electrons. The molecule has 0 spiro atoms. The number of piperidine rings is 1. The van der Waals surface area contributed by atoms with Crippen LogP contribution in [0, 0.1) is 11.7 Å². The summed E-state index contributed by atoms with van der Waals surface area (Å²) in [4.78, 5) is 14.6. The van der Waals surface area contributed by atoms with E-state index in [-0.39, 0.29) is 29.8 Å². The van der Waals surface area contributed by atoms with Gasteiger partial charge in [0.1, 0.15) is 23.1 Å². The summed E-state index contributed by atoms with van der Waals surface area (Å²) >= 11 is 0. The molecule has 1 saturated heterocycles. The van der Waals surface area contributed by atoms with Gasteiger partial charge in [-0.05, 0) is 62.3 Å². The number of rotatable bonds is 10. The van der Waals surface area contributed by atoms with E-state index in [0.29, 0.717) is 25.1 Å². The first-order chi connectivity index (χ1) is 15.8. The Morgan fingerprint density at radius 2 is 1.73 bits per heavy atom. The lowest BCUT2D eigenvalue weighted by Gasteiger charge is -2.30. The Bertz CT molecular complexity index is 1020. The van der Waals surface area contributed by atoms with Crippen molar-refractivity contribution in [1.82, 2.24) is 9.21 Å². The zero-order valence-corrected chi connectivity index (χ0v) is 20.0. The molecular weight excluding hydrogens is 445 g/mol. The molecule has 3 rings (SSSR count). The number of carbonyl (C=O) groups excluding carboxylic acids is 1. The Labute approximate surface area is 195 Å². The Balaban J connectivity index is 1.49. The Hall–Kier alpha value is -2.49. The number of sulfonamides is 1. The molecule has 9 heteroatoms. The van der Waals surface area contributed by atoms with Crippen LogP contribution in [0.25, 0.3) is 0 Å². The van der Waals surface area contributed by atoms with E-state index in [4.69, 9.17) is 4.74 Å². The third-order valence-electron chi connectivity index (χ3n) is 5.97. The summed E-state index contributed by atoms with van der Waals surface area (Å²) in [6.07, 6.45) is 0.762. The molecule has 0 atom stereocenters. The number of amides is 1. The second-order valence-electron chi connectivity index (χ2n) is 8.00. The molecule has 0 bridgehead atoms. The molecule has 1 heterocycles. The van der Waals surface area contributed by atoms with Crippen LogP contribution in [0.15, 0.2) is 53.4 Å². The van der Waals surface area contributed by atoms with Crippen LogP contribution in [0.2, 0.25) is 0 Å². The second kappa shape index (κ2) is 11.6. The van der Waals surface area contributed by atoms with E-state index in [0.717, 1.165) is 31.5 Å². The minimum Gasteiger partial charge on any atom is -0.492 e. The van der Waals surface area contributed by atoms with Crippen molar-refractivity contribution in [3.63, 3.8) is 0 Å². The summed E-state index contributed by atoms with van der Waals surface area (Å²) in [6.45, 7) is 8.01. The van der Waals surface area contributed by atoms with Crippen molar-refractivity contribution >= 4 is 21.6 Å². The largest absolute Gasteiger partial charge is 0.492 e. The maximum atomic E-state index is 14.0. The quantitative estimate of drug-likeness (QED) is 0.566. The van der Waals surface area contributed by atoms with Gasteiger partial charge in [0.25, 0.3) is 0 Å². The minimum absolute atomic E-state index is 0.145. The van der Waals surface area contributed by atoms with Crippen molar-refractivity contribution in [1.29, 1.82) is 0 Å². The molecule has 1 amide bonds. The van der Waals surface area contributed by atoms with Gasteiger partial charge >= 0.3 is 0 Å². The van der Waals surface area contributed by atoms with Crippen LogP contribution in [-0.4, -0.2) is 62.9 Å². The highest BCUT2D eigenvalue weighted by Crippen LogP contribution is 2.26. The summed E-state index contributed by atoms with van der Waals surface area (Å²) in [5.74, 6) is -0.472. The van der Waals surface area contributed by atoms with Crippen LogP contribution in [0.1, 0.15) is 26.7 Å². The van der Waals surface area contributed by atoms with Crippen LogP contribution < -0.4 is 10.1 Å². The van der Waals surface area contributed by atoms with Gasteiger partial charge in [0.05, 0.1) is 0 Å². The first-order valence-electron chi connectivity index (χ1n) is 11.4. The predicted octanol–water partition coefficient (Wildman–Crippen LogP) is 3.59. The number of anilines is 1. The number of benzene rings is 2. The van der Waals surface area contributed by atoms with Crippen LogP contribution in [0.5, 0.6) is 5.75 Å². The lowest BCUT2D eigenvalue weighted by Crippen LogP contribution is -2.41. The monoisotopic (exact) mass is 477 g/mol. The molecule has 1 N–H and O–H groups in total. The third kappa shape index (κ3) is 6.52. The standard InChI is InChI=1S/C24H32FN3O4S/c1-3-27(4-2)17-18-32-21-11-9-20(10-12-21)26-24(29)19-13-15-28(16-14-19)33(30,31)23-8-6-5-7-22(23)25/h5-12,19H,3-4,13-18H2,1-2H3,(H,26,29). The molecule has 0 radical (unpaired) electrons. The number of nitrogens with zero attached hydrogens (tertiary/aromatic N) is 2. The molecule has 33 heavy (non-hydrogen) atoms. The predicted molar refractivity (Wildman–Crippen MR) is 126 cm³/mol. The molecule has 0 saturated carbocycles. The van der Waals surface area contributed by atoms with Gasteiger partial charge in [-0.2, -0.15) is 4.31 Å². The summed E-state index contributed by atoms with van der Waals surface area (Å²) in [7, 11) is -3.91. The van der Waals surface area contributed by atoms with Crippen molar-refractivity contribution < 1.29 is 22.3 Å². The van der Waals surface area contributed by atoms with E-state index < -0.39 is 15.8 Å². The smallest absolute Gasteiger partial charge is 0.245 e. The molecule has 0 aromatic heterocycles. The summed E-state index contributed by atoms with van der Waals surface area (Å²) in [5.41, 5.74) is 0.664. The fourth-order valence-corrected chi connectivity index (χ4v) is 5.40. The summed E-state index contributed by atoms with van der Waals surface area (Å²) in [6, 6.07) is 12.6. The van der Waals surface area contributed by atoms with Gasteiger partial charge in [-0.15, -0.1) is 0 Å². The number of nitrogens with one attached hydrogen (secondary N) is 1. The van der Waals surface area contributed by atoms with E-state index in [1.54, 1.807) is 12.1 Å². The Morgan fingerprint density at radius 3 is 2.33 bits per heavy atom. The third-order valence-corrected chi connectivity index (χ3v) is 7.90. The van der Waals surface area contributed by atoms with Gasteiger partial charge in [-0.25, -0.2) is 12.8 Å². The number of carbonyl (C=O) groups is 1. The Morgan fingerprint density at radius 1 is 1.09 bits per heavy atom. The minimum atomic E-state index is -3.91. The first-order valence-corrected chi connectivity index (χ1v) is 12.8. The average molecular weight is 478 g/mol. The number of hydrogen-bond acceptors (Lipinski definition) is 5. The highest BCUT2D eigenvalue weighted by Gasteiger charge is 2.33. The number of likely N-dealkylation sites (N-methyl/N-ethyl adjacent to an activating group) is 1. The van der Waals surface area contributed by atoms with Crippen LogP contribution in [0.4, 0.5) is 10.1 Å². The Kier molecular flexibility index (Phi) is 8.82.